The Kier molecular flexibility index (Phi) is 6.65. The van der Waals surface area contributed by atoms with E-state index in [-0.39, 0.29) is 12.1 Å². The summed E-state index contributed by atoms with van der Waals surface area (Å²) in [6.07, 6.45) is 1.83. The number of hydrogen-bond acceptors (Lipinski definition) is 5. The largest absolute Gasteiger partial charge is 0.494 e. The van der Waals surface area contributed by atoms with Crippen LogP contribution in [-0.4, -0.2) is 57.3 Å². The van der Waals surface area contributed by atoms with Crippen molar-refractivity contribution in [3.05, 3.63) is 58.9 Å². The third kappa shape index (κ3) is 4.78. The average molecular weight is 564 g/mol. The molecule has 216 valence electrons. The number of hydrogen-bond donors (Lipinski definition) is 1. The van der Waals surface area contributed by atoms with E-state index in [9.17, 15) is 18.7 Å². The number of carboxylic acid groups (broad SMARTS) is 1. The summed E-state index contributed by atoms with van der Waals surface area (Å²) in [6.45, 7) is 9.25. The fourth-order valence-corrected chi connectivity index (χ4v) is 6.08. The monoisotopic (exact) mass is 564 g/mol. The van der Waals surface area contributed by atoms with Crippen molar-refractivity contribution in [2.45, 2.75) is 71.1 Å². The Bertz CT molecular complexity index is 1510. The molecule has 11 heteroatoms. The van der Waals surface area contributed by atoms with Crippen LogP contribution in [-0.2, 0) is 35.7 Å². The Hall–Kier alpha value is -3.44. The first-order valence-corrected chi connectivity index (χ1v) is 14.1. The number of aryl methyl sites for hydroxylation is 2. The van der Waals surface area contributed by atoms with Gasteiger partial charge in [0.2, 0.25) is 0 Å². The lowest BCUT2D eigenvalue weighted by Crippen LogP contribution is -2.41. The van der Waals surface area contributed by atoms with Crippen LogP contribution in [0.2, 0.25) is 0 Å². The molecule has 1 fully saturated rings. The van der Waals surface area contributed by atoms with Gasteiger partial charge in [0.15, 0.2) is 0 Å². The molecule has 0 radical (unpaired) electrons. The normalized spacial score (nSPS) is 19.5. The molecular formula is C30H35BF2N4O4. The zero-order valence-corrected chi connectivity index (χ0v) is 24.1. The molecule has 1 N–H and O–H groups in total. The highest BCUT2D eigenvalue weighted by Gasteiger charge is 2.52. The molecule has 1 saturated heterocycles. The van der Waals surface area contributed by atoms with Crippen molar-refractivity contribution in [3.8, 4) is 11.1 Å². The van der Waals surface area contributed by atoms with Gasteiger partial charge >= 0.3 is 13.2 Å². The first-order valence-electron chi connectivity index (χ1n) is 14.1. The zero-order valence-electron chi connectivity index (χ0n) is 24.1. The Balaban J connectivity index is 1.50. The van der Waals surface area contributed by atoms with Gasteiger partial charge in [0, 0.05) is 48.8 Å². The molecule has 0 aliphatic carbocycles. The Morgan fingerprint density at radius 1 is 1.02 bits per heavy atom. The molecule has 4 heterocycles. The number of nitrogens with zero attached hydrogens (tertiary/aromatic N) is 4. The highest BCUT2D eigenvalue weighted by Crippen LogP contribution is 2.44. The first kappa shape index (κ1) is 27.7. The minimum absolute atomic E-state index is 0.0493. The van der Waals surface area contributed by atoms with Crippen LogP contribution in [0, 0.1) is 0 Å². The number of aromatic nitrogens is 2. The number of fused-ring (bicyclic) bond motifs is 2. The molecule has 0 unspecified atom stereocenters. The summed E-state index contributed by atoms with van der Waals surface area (Å²) >= 11 is 0. The topological polar surface area (TPSA) is 80.1 Å². The number of carbonyl (C=O) groups is 1. The van der Waals surface area contributed by atoms with Crippen LogP contribution in [0.25, 0.3) is 11.1 Å². The van der Waals surface area contributed by atoms with Gasteiger partial charge in [-0.3, -0.25) is 4.68 Å². The molecule has 3 aliphatic heterocycles. The van der Waals surface area contributed by atoms with Crippen molar-refractivity contribution in [1.82, 2.24) is 14.7 Å². The van der Waals surface area contributed by atoms with Gasteiger partial charge < -0.3 is 24.2 Å². The van der Waals surface area contributed by atoms with E-state index in [0.29, 0.717) is 30.6 Å². The predicted molar refractivity (Wildman–Crippen MR) is 153 cm³/mol. The number of anilines is 2. The van der Waals surface area contributed by atoms with E-state index in [1.54, 1.807) is 30.2 Å². The predicted octanol–water partition coefficient (Wildman–Crippen LogP) is 5.44. The third-order valence-electron chi connectivity index (χ3n) is 9.05. The second kappa shape index (κ2) is 9.84. The minimum Gasteiger partial charge on any atom is -0.465 e. The molecule has 1 amide bonds. The van der Waals surface area contributed by atoms with Crippen molar-refractivity contribution in [2.24, 2.45) is 7.05 Å². The van der Waals surface area contributed by atoms with Crippen molar-refractivity contribution >= 4 is 30.0 Å². The highest BCUT2D eigenvalue weighted by atomic mass is 19.3. The van der Waals surface area contributed by atoms with Crippen LogP contribution in [0.1, 0.15) is 62.8 Å². The van der Waals surface area contributed by atoms with Crippen molar-refractivity contribution in [1.29, 1.82) is 0 Å². The average Bonchev–Trinajstić information content (AvgIpc) is 3.45. The molecule has 41 heavy (non-hydrogen) atoms. The lowest BCUT2D eigenvalue weighted by atomic mass is 9.76. The highest BCUT2D eigenvalue weighted by molar-refractivity contribution is 6.62. The lowest BCUT2D eigenvalue weighted by Gasteiger charge is -2.37. The number of rotatable bonds is 4. The summed E-state index contributed by atoms with van der Waals surface area (Å²) in [7, 11) is 1.16. The second-order valence-electron chi connectivity index (χ2n) is 12.2. The number of alkyl halides is 2. The fraction of sp³-hybridized carbons (Fsp3) is 0.467. The Labute approximate surface area is 239 Å². The molecule has 0 atom stereocenters. The Morgan fingerprint density at radius 2 is 1.76 bits per heavy atom. The van der Waals surface area contributed by atoms with Crippen LogP contribution in [0.3, 0.4) is 0 Å². The van der Waals surface area contributed by atoms with Gasteiger partial charge in [-0.2, -0.15) is 5.10 Å². The maximum absolute atomic E-state index is 14.5. The summed E-state index contributed by atoms with van der Waals surface area (Å²) in [5.74, 6) is 0. The van der Waals surface area contributed by atoms with Crippen LogP contribution in [0.4, 0.5) is 25.0 Å². The van der Waals surface area contributed by atoms with Crippen molar-refractivity contribution < 1.29 is 28.0 Å². The van der Waals surface area contributed by atoms with E-state index in [2.05, 4.69) is 16.1 Å². The summed E-state index contributed by atoms with van der Waals surface area (Å²) in [4.78, 5) is 15.4. The van der Waals surface area contributed by atoms with Crippen molar-refractivity contribution in [3.63, 3.8) is 0 Å². The standard InChI is InChI=1S/C30H35BF2N4O4/c1-29(2)30(3,4)41-31(40-29)21-11-18-8-10-36(28(38)39)17-24(18)26(13-21)37-9-6-7-19-12-22(20-15-34-35(5)16-20)23(27(32)33)14-25(19)37/h11-16,27H,6-10,17H2,1-5H3,(H,38,39). The van der Waals surface area contributed by atoms with Gasteiger partial charge in [-0.05, 0) is 92.9 Å². The lowest BCUT2D eigenvalue weighted by molar-refractivity contribution is 0.00578. The summed E-state index contributed by atoms with van der Waals surface area (Å²) in [5.41, 5.74) is 5.30. The van der Waals surface area contributed by atoms with Crippen LogP contribution >= 0.6 is 0 Å². The third-order valence-corrected chi connectivity index (χ3v) is 9.05. The van der Waals surface area contributed by atoms with Gasteiger partial charge in [-0.25, -0.2) is 13.6 Å². The maximum Gasteiger partial charge on any atom is 0.494 e. The SMILES string of the molecule is Cn1cc(-c2cc3c(cc2C(F)F)N(c2cc(B4OC(C)(C)C(C)(C)O4)cc4c2CN(C(=O)O)CC4)CCC3)cn1. The molecule has 1 aromatic heterocycles. The number of halogens is 2. The van der Waals surface area contributed by atoms with Gasteiger partial charge in [0.05, 0.1) is 23.9 Å². The van der Waals surface area contributed by atoms with Gasteiger partial charge in [-0.15, -0.1) is 0 Å². The summed E-state index contributed by atoms with van der Waals surface area (Å²) in [5, 5.41) is 14.0. The molecule has 3 aliphatic rings. The van der Waals surface area contributed by atoms with E-state index < -0.39 is 30.8 Å². The molecule has 0 bridgehead atoms. The molecule has 6 rings (SSSR count). The van der Waals surface area contributed by atoms with E-state index >= 15 is 0 Å². The molecule has 0 spiro atoms. The van der Waals surface area contributed by atoms with Gasteiger partial charge in [-0.1, -0.05) is 6.07 Å². The van der Waals surface area contributed by atoms with Crippen LogP contribution < -0.4 is 10.4 Å². The molecule has 0 saturated carbocycles. The Morgan fingerprint density at radius 3 is 2.39 bits per heavy atom. The number of benzene rings is 2. The van der Waals surface area contributed by atoms with E-state index in [4.69, 9.17) is 9.31 Å². The summed E-state index contributed by atoms with van der Waals surface area (Å²) < 4.78 is 43.4. The zero-order chi connectivity index (χ0) is 29.3. The molecular weight excluding hydrogens is 529 g/mol. The molecule has 2 aromatic carbocycles. The van der Waals surface area contributed by atoms with Crippen LogP contribution in [0.5, 0.6) is 0 Å². The first-order chi connectivity index (χ1) is 19.3. The fourth-order valence-electron chi connectivity index (χ4n) is 6.08. The minimum atomic E-state index is -2.67. The van der Waals surface area contributed by atoms with E-state index in [1.165, 1.54) is 4.90 Å². The smallest absolute Gasteiger partial charge is 0.465 e. The molecule has 3 aromatic rings. The quantitative estimate of drug-likeness (QED) is 0.425. The number of amides is 1. The summed E-state index contributed by atoms with van der Waals surface area (Å²) in [6, 6.07) is 7.53. The van der Waals surface area contributed by atoms with Crippen molar-refractivity contribution in [2.75, 3.05) is 18.0 Å². The second-order valence-corrected chi connectivity index (χ2v) is 12.2. The van der Waals surface area contributed by atoms with Crippen LogP contribution in [0.15, 0.2) is 36.7 Å². The van der Waals surface area contributed by atoms with Gasteiger partial charge in [0.1, 0.15) is 0 Å². The van der Waals surface area contributed by atoms with Gasteiger partial charge in [0.25, 0.3) is 6.43 Å². The molecule has 8 nitrogen and oxygen atoms in total. The van der Waals surface area contributed by atoms with E-state index in [0.717, 1.165) is 46.4 Å². The maximum atomic E-state index is 14.5. The van der Waals surface area contributed by atoms with E-state index in [1.807, 2.05) is 39.8 Å².